The van der Waals surface area contributed by atoms with E-state index in [0.29, 0.717) is 10.0 Å². The third-order valence-electron chi connectivity index (χ3n) is 7.00. The number of anilines is 1. The molecular formula is C28H31Cl2N3O7S2. The van der Waals surface area contributed by atoms with E-state index in [9.17, 15) is 26.7 Å². The van der Waals surface area contributed by atoms with Crippen LogP contribution in [-0.2, 0) is 20.0 Å². The van der Waals surface area contributed by atoms with Gasteiger partial charge in [0, 0.05) is 35.2 Å². The Hall–Kier alpha value is -2.87. The van der Waals surface area contributed by atoms with E-state index in [1.54, 1.807) is 6.92 Å². The number of nitrogens with zero attached hydrogens (tertiary/aromatic N) is 2. The molecule has 0 bridgehead atoms. The first-order chi connectivity index (χ1) is 19.7. The Bertz CT molecular complexity index is 1650. The number of nitrogens with one attached hydrogen (secondary N) is 1. The fourth-order valence-electron chi connectivity index (χ4n) is 4.47. The number of hydrogen-bond donors (Lipinski definition) is 2. The third-order valence-corrected chi connectivity index (χ3v) is 10.7. The second kappa shape index (κ2) is 12.8. The summed E-state index contributed by atoms with van der Waals surface area (Å²) in [5.74, 6) is -0.660. The minimum absolute atomic E-state index is 0.0180. The van der Waals surface area contributed by atoms with Gasteiger partial charge in [0.15, 0.2) is 0 Å². The van der Waals surface area contributed by atoms with E-state index in [-0.39, 0.29) is 52.4 Å². The molecule has 2 N–H and O–H groups in total. The van der Waals surface area contributed by atoms with E-state index in [0.717, 1.165) is 0 Å². The fraction of sp³-hybridized carbons (Fsp3) is 0.321. The lowest BCUT2D eigenvalue weighted by molar-refractivity contribution is 0.0387. The van der Waals surface area contributed by atoms with Crippen molar-refractivity contribution in [2.75, 3.05) is 31.5 Å². The number of halogens is 2. The van der Waals surface area contributed by atoms with Gasteiger partial charge in [-0.2, -0.15) is 4.31 Å². The van der Waals surface area contributed by atoms with Crippen molar-refractivity contribution < 1.29 is 31.5 Å². The van der Waals surface area contributed by atoms with Crippen molar-refractivity contribution in [3.8, 4) is 5.75 Å². The van der Waals surface area contributed by atoms with Gasteiger partial charge in [-0.05, 0) is 73.7 Å². The van der Waals surface area contributed by atoms with Gasteiger partial charge in [-0.25, -0.2) is 16.8 Å². The number of hydrogen-bond acceptors (Lipinski definition) is 7. The van der Waals surface area contributed by atoms with E-state index < -0.39 is 38.1 Å². The zero-order valence-corrected chi connectivity index (χ0v) is 26.2. The van der Waals surface area contributed by atoms with E-state index in [1.807, 2.05) is 6.92 Å². The van der Waals surface area contributed by atoms with Gasteiger partial charge in [0.1, 0.15) is 11.9 Å². The molecule has 0 aromatic heterocycles. The van der Waals surface area contributed by atoms with Crippen LogP contribution in [0.2, 0.25) is 10.0 Å². The molecule has 0 saturated heterocycles. The summed E-state index contributed by atoms with van der Waals surface area (Å²) in [7, 11) is -6.45. The van der Waals surface area contributed by atoms with Crippen molar-refractivity contribution in [1.29, 1.82) is 0 Å². The fourth-order valence-corrected chi connectivity index (χ4v) is 6.95. The van der Waals surface area contributed by atoms with Crippen molar-refractivity contribution in [2.45, 2.75) is 35.8 Å². The number of carbonyl (C=O) groups excluding carboxylic acids is 1. The number of sulfonamides is 2. The number of rotatable bonds is 9. The summed E-state index contributed by atoms with van der Waals surface area (Å²) in [6.45, 7) is 3.31. The monoisotopic (exact) mass is 655 g/mol. The molecule has 1 heterocycles. The number of carbonyl (C=O) groups is 1. The molecule has 1 amide bonds. The number of amides is 1. The lowest BCUT2D eigenvalue weighted by Crippen LogP contribution is -2.50. The number of benzene rings is 3. The summed E-state index contributed by atoms with van der Waals surface area (Å²) < 4.78 is 62.4. The summed E-state index contributed by atoms with van der Waals surface area (Å²) in [5, 5.41) is 10.7. The minimum atomic E-state index is -4.00. The Labute approximate surface area is 255 Å². The Kier molecular flexibility index (Phi) is 9.75. The molecule has 0 fully saturated rings. The van der Waals surface area contributed by atoms with Crippen molar-refractivity contribution in [3.63, 3.8) is 0 Å². The average molecular weight is 657 g/mol. The standard InChI is InChI=1S/C28H31Cl2N3O7S2/c1-18-15-33(19(2)17-34)28(35)25-14-22(31-41(36,37)23-9-4-20(29)5-10-23)8-13-26(25)40-27(18)16-32(3)42(38,39)24-11-6-21(30)7-12-24/h4-14,18-19,27,31,34H,15-17H2,1-3H3/t18-,19-,27-/m0/s1. The molecule has 10 nitrogen and oxygen atoms in total. The van der Waals surface area contributed by atoms with E-state index >= 15 is 0 Å². The highest BCUT2D eigenvalue weighted by Gasteiger charge is 2.35. The number of aliphatic hydroxyl groups excluding tert-OH is 1. The topological polar surface area (TPSA) is 133 Å². The van der Waals surface area contributed by atoms with Crippen LogP contribution in [0.3, 0.4) is 0 Å². The maximum absolute atomic E-state index is 13.7. The van der Waals surface area contributed by atoms with Crippen LogP contribution in [0.25, 0.3) is 0 Å². The first-order valence-corrected chi connectivity index (χ1v) is 16.6. The molecular weight excluding hydrogens is 625 g/mol. The molecule has 0 aliphatic carbocycles. The van der Waals surface area contributed by atoms with E-state index in [1.165, 1.54) is 83.0 Å². The molecule has 226 valence electrons. The van der Waals surface area contributed by atoms with Crippen LogP contribution in [-0.4, -0.2) is 75.9 Å². The van der Waals surface area contributed by atoms with Crippen molar-refractivity contribution in [2.24, 2.45) is 5.92 Å². The number of ether oxygens (including phenoxy) is 1. The van der Waals surface area contributed by atoms with Crippen molar-refractivity contribution in [1.82, 2.24) is 9.21 Å². The maximum Gasteiger partial charge on any atom is 0.261 e. The average Bonchev–Trinajstić information content (AvgIpc) is 2.95. The van der Waals surface area contributed by atoms with Gasteiger partial charge in [-0.1, -0.05) is 30.1 Å². The van der Waals surface area contributed by atoms with Gasteiger partial charge in [-0.15, -0.1) is 0 Å². The highest BCUT2D eigenvalue weighted by molar-refractivity contribution is 7.92. The zero-order chi connectivity index (χ0) is 30.8. The predicted octanol–water partition coefficient (Wildman–Crippen LogP) is 4.34. The molecule has 1 aliphatic heterocycles. The predicted molar refractivity (Wildman–Crippen MR) is 161 cm³/mol. The van der Waals surface area contributed by atoms with E-state index in [4.69, 9.17) is 27.9 Å². The highest BCUT2D eigenvalue weighted by atomic mass is 35.5. The molecule has 0 saturated carbocycles. The van der Waals surface area contributed by atoms with Crippen molar-refractivity contribution in [3.05, 3.63) is 82.3 Å². The normalized spacial score (nSPS) is 18.5. The van der Waals surface area contributed by atoms with Crippen LogP contribution < -0.4 is 9.46 Å². The van der Waals surface area contributed by atoms with Gasteiger partial charge in [0.05, 0.1) is 34.5 Å². The molecule has 3 aromatic rings. The van der Waals surface area contributed by atoms with Crippen LogP contribution >= 0.6 is 23.2 Å². The summed E-state index contributed by atoms with van der Waals surface area (Å²) in [6, 6.07) is 15.2. The molecule has 3 atom stereocenters. The molecule has 0 spiro atoms. The molecule has 42 heavy (non-hydrogen) atoms. The lowest BCUT2D eigenvalue weighted by Gasteiger charge is -2.38. The van der Waals surface area contributed by atoms with Crippen molar-refractivity contribution >= 4 is 54.8 Å². The van der Waals surface area contributed by atoms with Gasteiger partial charge >= 0.3 is 0 Å². The first kappa shape index (κ1) is 32.1. The van der Waals surface area contributed by atoms with Gasteiger partial charge < -0.3 is 14.7 Å². The SMILES string of the molecule is C[C@H]1CN([C@@H](C)CO)C(=O)c2cc(NS(=O)(=O)c3ccc(Cl)cc3)ccc2O[C@H]1CN(C)S(=O)(=O)c1ccc(Cl)cc1. The second-order valence-electron chi connectivity index (χ2n) is 10.1. The summed E-state index contributed by atoms with van der Waals surface area (Å²) in [6.07, 6.45) is -0.700. The number of likely N-dealkylation sites (N-methyl/N-ethyl adjacent to an activating group) is 1. The van der Waals surface area contributed by atoms with Gasteiger partial charge in [-0.3, -0.25) is 9.52 Å². The molecule has 3 aromatic carbocycles. The number of aliphatic hydroxyl groups is 1. The smallest absolute Gasteiger partial charge is 0.261 e. The highest BCUT2D eigenvalue weighted by Crippen LogP contribution is 2.32. The molecule has 14 heteroatoms. The Morgan fingerprint density at radius 1 is 1.00 bits per heavy atom. The van der Waals surface area contributed by atoms with Crippen LogP contribution in [0.1, 0.15) is 24.2 Å². The largest absolute Gasteiger partial charge is 0.488 e. The molecule has 4 rings (SSSR count). The number of fused-ring (bicyclic) bond motifs is 1. The second-order valence-corrected chi connectivity index (χ2v) is 14.7. The van der Waals surface area contributed by atoms with Crippen LogP contribution in [0.4, 0.5) is 5.69 Å². The summed E-state index contributed by atoms with van der Waals surface area (Å²) >= 11 is 11.8. The maximum atomic E-state index is 13.7. The quantitative estimate of drug-likeness (QED) is 0.350. The molecule has 0 unspecified atom stereocenters. The first-order valence-electron chi connectivity index (χ1n) is 13.0. The molecule has 1 aliphatic rings. The Morgan fingerprint density at radius 3 is 2.14 bits per heavy atom. The van der Waals surface area contributed by atoms with Crippen LogP contribution in [0.5, 0.6) is 5.75 Å². The summed E-state index contributed by atoms with van der Waals surface area (Å²) in [4.78, 5) is 15.2. The summed E-state index contributed by atoms with van der Waals surface area (Å²) in [5.41, 5.74) is 0.177. The Balaban J connectivity index is 1.68. The lowest BCUT2D eigenvalue weighted by atomic mass is 9.99. The minimum Gasteiger partial charge on any atom is -0.488 e. The van der Waals surface area contributed by atoms with Gasteiger partial charge in [0.25, 0.3) is 15.9 Å². The van der Waals surface area contributed by atoms with E-state index in [2.05, 4.69) is 4.72 Å². The van der Waals surface area contributed by atoms with Crippen LogP contribution in [0, 0.1) is 5.92 Å². The Morgan fingerprint density at radius 2 is 1.57 bits per heavy atom. The van der Waals surface area contributed by atoms with Gasteiger partial charge in [0.2, 0.25) is 10.0 Å². The van der Waals surface area contributed by atoms with Crippen LogP contribution in [0.15, 0.2) is 76.5 Å². The molecule has 0 radical (unpaired) electrons. The zero-order valence-electron chi connectivity index (χ0n) is 23.1. The third kappa shape index (κ3) is 7.01.